The van der Waals surface area contributed by atoms with E-state index in [4.69, 9.17) is 16.2 Å². The minimum atomic E-state index is -0.980. The normalized spacial score (nSPS) is 11.4. The fourth-order valence-corrected chi connectivity index (χ4v) is 1.38. The molecule has 1 atom stereocenters. The number of hydrogen-bond acceptors (Lipinski definition) is 5. The average molecular weight is 279 g/mol. The highest BCUT2D eigenvalue weighted by molar-refractivity contribution is 5.94. The molecule has 3 amide bonds. The van der Waals surface area contributed by atoms with Crippen molar-refractivity contribution >= 4 is 17.9 Å². The summed E-state index contributed by atoms with van der Waals surface area (Å²) < 4.78 is 4.86. The molecule has 7 heteroatoms. The third kappa shape index (κ3) is 5.96. The Morgan fingerprint density at radius 1 is 1.20 bits per heavy atom. The number of primary amides is 1. The molecule has 0 aliphatic carbocycles. The Balaban J connectivity index is 2.31. The predicted molar refractivity (Wildman–Crippen MR) is 71.2 cm³/mol. The lowest BCUT2D eigenvalue weighted by atomic mass is 10.1. The van der Waals surface area contributed by atoms with Gasteiger partial charge in [-0.2, -0.15) is 0 Å². The van der Waals surface area contributed by atoms with Crippen LogP contribution in [0.2, 0.25) is 0 Å². The van der Waals surface area contributed by atoms with Gasteiger partial charge < -0.3 is 16.2 Å². The van der Waals surface area contributed by atoms with Crippen molar-refractivity contribution < 1.29 is 19.1 Å². The monoisotopic (exact) mass is 279 g/mol. The van der Waals surface area contributed by atoms with E-state index in [1.807, 2.05) is 23.5 Å². The first-order chi connectivity index (χ1) is 9.49. The van der Waals surface area contributed by atoms with Gasteiger partial charge in [-0.15, -0.1) is 0 Å². The van der Waals surface area contributed by atoms with Gasteiger partial charge in [0, 0.05) is 6.42 Å². The molecule has 0 fully saturated rings. The molecule has 7 nitrogen and oxygen atoms in total. The summed E-state index contributed by atoms with van der Waals surface area (Å²) in [6.07, 6.45) is -0.825. The molecule has 0 unspecified atom stereocenters. The minimum absolute atomic E-state index is 0.0202. The highest BCUT2D eigenvalue weighted by atomic mass is 16.5. The van der Waals surface area contributed by atoms with E-state index in [1.165, 1.54) is 0 Å². The second-order valence-electron chi connectivity index (χ2n) is 4.16. The Morgan fingerprint density at radius 3 is 2.45 bits per heavy atom. The molecule has 20 heavy (non-hydrogen) atoms. The molecule has 0 spiro atoms. The molecule has 0 aliphatic rings. The maximum absolute atomic E-state index is 11.5. The van der Waals surface area contributed by atoms with Crippen LogP contribution >= 0.6 is 0 Å². The van der Waals surface area contributed by atoms with Crippen LogP contribution in [0.1, 0.15) is 18.4 Å². The maximum atomic E-state index is 11.5. The number of carbonyl (C=O) groups excluding carboxylic acids is 3. The molecule has 108 valence electrons. The van der Waals surface area contributed by atoms with E-state index in [9.17, 15) is 14.4 Å². The van der Waals surface area contributed by atoms with Gasteiger partial charge in [0.15, 0.2) is 0 Å². The standard InChI is InChI=1S/C13H17N3O4/c14-10(6-7-11(15)17)12(18)16-13(19)20-8-9-4-2-1-3-5-9/h1-5,10H,6-8,14H2,(H2,15,17)(H,16,18,19)/t10-/m0/s1. The van der Waals surface area contributed by atoms with Crippen molar-refractivity contribution in [2.75, 3.05) is 0 Å². The molecular weight excluding hydrogens is 262 g/mol. The van der Waals surface area contributed by atoms with E-state index >= 15 is 0 Å². The Kier molecular flexibility index (Phi) is 6.18. The first-order valence-corrected chi connectivity index (χ1v) is 6.04. The Bertz CT molecular complexity index is 476. The molecule has 0 aliphatic heterocycles. The quantitative estimate of drug-likeness (QED) is 0.677. The Labute approximate surface area is 116 Å². The van der Waals surface area contributed by atoms with Crippen LogP contribution in [0.4, 0.5) is 4.79 Å². The summed E-state index contributed by atoms with van der Waals surface area (Å²) in [4.78, 5) is 33.4. The fourth-order valence-electron chi connectivity index (χ4n) is 1.38. The third-order valence-corrected chi connectivity index (χ3v) is 2.48. The Morgan fingerprint density at radius 2 is 1.85 bits per heavy atom. The molecular formula is C13H17N3O4. The van der Waals surface area contributed by atoms with Crippen molar-refractivity contribution in [3.63, 3.8) is 0 Å². The van der Waals surface area contributed by atoms with Gasteiger partial charge in [0.2, 0.25) is 11.8 Å². The van der Waals surface area contributed by atoms with Gasteiger partial charge in [0.05, 0.1) is 6.04 Å². The van der Waals surface area contributed by atoms with Gasteiger partial charge in [-0.1, -0.05) is 30.3 Å². The first kappa shape index (κ1) is 15.6. The van der Waals surface area contributed by atoms with Gasteiger partial charge >= 0.3 is 6.09 Å². The number of carbonyl (C=O) groups is 3. The molecule has 0 saturated carbocycles. The van der Waals surface area contributed by atoms with E-state index in [1.54, 1.807) is 12.1 Å². The lowest BCUT2D eigenvalue weighted by Crippen LogP contribution is -2.44. The van der Waals surface area contributed by atoms with Crippen LogP contribution in [0.5, 0.6) is 0 Å². The molecule has 1 aromatic rings. The fraction of sp³-hybridized carbons (Fsp3) is 0.308. The van der Waals surface area contributed by atoms with Crippen LogP contribution in [0, 0.1) is 0 Å². The van der Waals surface area contributed by atoms with E-state index in [0.717, 1.165) is 5.56 Å². The van der Waals surface area contributed by atoms with Crippen LogP contribution in [0.3, 0.4) is 0 Å². The van der Waals surface area contributed by atoms with Crippen LogP contribution in [0.15, 0.2) is 30.3 Å². The zero-order valence-electron chi connectivity index (χ0n) is 10.9. The van der Waals surface area contributed by atoms with E-state index in [2.05, 4.69) is 0 Å². The van der Waals surface area contributed by atoms with E-state index in [0.29, 0.717) is 0 Å². The Hall–Kier alpha value is -2.41. The number of benzene rings is 1. The molecule has 0 aromatic heterocycles. The van der Waals surface area contributed by atoms with Crippen molar-refractivity contribution in [1.29, 1.82) is 0 Å². The lowest BCUT2D eigenvalue weighted by molar-refractivity contribution is -0.122. The van der Waals surface area contributed by atoms with Gasteiger partial charge in [0.1, 0.15) is 6.61 Å². The number of amides is 3. The zero-order valence-corrected chi connectivity index (χ0v) is 10.9. The summed E-state index contributed by atoms with van der Waals surface area (Å²) in [6, 6.07) is 8.04. The van der Waals surface area contributed by atoms with Crippen molar-refractivity contribution in [1.82, 2.24) is 5.32 Å². The summed E-state index contributed by atoms with van der Waals surface area (Å²) in [5, 5.41) is 2.00. The van der Waals surface area contributed by atoms with Gasteiger partial charge in [-0.05, 0) is 12.0 Å². The highest BCUT2D eigenvalue weighted by Gasteiger charge is 2.17. The number of ether oxygens (including phenoxy) is 1. The summed E-state index contributed by atoms with van der Waals surface area (Å²) in [5.41, 5.74) is 11.2. The molecule has 1 rings (SSSR count). The topological polar surface area (TPSA) is 125 Å². The summed E-state index contributed by atoms with van der Waals surface area (Å²) >= 11 is 0. The number of hydrogen-bond donors (Lipinski definition) is 3. The summed E-state index contributed by atoms with van der Waals surface area (Å²) in [7, 11) is 0. The first-order valence-electron chi connectivity index (χ1n) is 6.04. The van der Waals surface area contributed by atoms with Crippen LogP contribution in [-0.4, -0.2) is 23.9 Å². The van der Waals surface area contributed by atoms with Gasteiger partial charge in [-0.25, -0.2) is 4.79 Å². The predicted octanol–water partition coefficient (Wildman–Crippen LogP) is 0.0322. The number of rotatable bonds is 6. The highest BCUT2D eigenvalue weighted by Crippen LogP contribution is 2.00. The van der Waals surface area contributed by atoms with E-state index in [-0.39, 0.29) is 19.4 Å². The third-order valence-electron chi connectivity index (χ3n) is 2.48. The van der Waals surface area contributed by atoms with Crippen molar-refractivity contribution in [3.05, 3.63) is 35.9 Å². The van der Waals surface area contributed by atoms with Crippen molar-refractivity contribution in [3.8, 4) is 0 Å². The van der Waals surface area contributed by atoms with Crippen LogP contribution < -0.4 is 16.8 Å². The molecule has 0 radical (unpaired) electrons. The largest absolute Gasteiger partial charge is 0.444 e. The number of alkyl carbamates (subject to hydrolysis) is 1. The SMILES string of the molecule is NC(=O)CC[C@H](N)C(=O)NC(=O)OCc1ccccc1. The van der Waals surface area contributed by atoms with Gasteiger partial charge in [-0.3, -0.25) is 14.9 Å². The second-order valence-corrected chi connectivity index (χ2v) is 4.16. The molecule has 1 aromatic carbocycles. The van der Waals surface area contributed by atoms with E-state index < -0.39 is 23.9 Å². The van der Waals surface area contributed by atoms with Crippen molar-refractivity contribution in [2.45, 2.75) is 25.5 Å². The maximum Gasteiger partial charge on any atom is 0.414 e. The zero-order chi connectivity index (χ0) is 15.0. The second kappa shape index (κ2) is 7.90. The summed E-state index contributed by atoms with van der Waals surface area (Å²) in [6.45, 7) is 0.0521. The molecule has 5 N–H and O–H groups in total. The molecule has 0 saturated heterocycles. The van der Waals surface area contributed by atoms with Crippen LogP contribution in [-0.2, 0) is 20.9 Å². The number of imide groups is 1. The number of nitrogens with two attached hydrogens (primary N) is 2. The molecule has 0 heterocycles. The smallest absolute Gasteiger partial charge is 0.414 e. The van der Waals surface area contributed by atoms with Gasteiger partial charge in [0.25, 0.3) is 0 Å². The molecule has 0 bridgehead atoms. The lowest BCUT2D eigenvalue weighted by Gasteiger charge is -2.10. The average Bonchev–Trinajstić information content (AvgIpc) is 2.43. The van der Waals surface area contributed by atoms with Crippen LogP contribution in [0.25, 0.3) is 0 Å². The van der Waals surface area contributed by atoms with Crippen molar-refractivity contribution in [2.24, 2.45) is 11.5 Å². The minimum Gasteiger partial charge on any atom is -0.444 e. The summed E-state index contributed by atoms with van der Waals surface area (Å²) in [5.74, 6) is -1.26. The number of nitrogens with one attached hydrogen (secondary N) is 1.